The van der Waals surface area contributed by atoms with Crippen molar-refractivity contribution in [3.8, 4) is 16.9 Å². The van der Waals surface area contributed by atoms with Crippen molar-refractivity contribution in [3.05, 3.63) is 53.4 Å². The molecule has 0 saturated carbocycles. The lowest BCUT2D eigenvalue weighted by atomic mass is 9.88. The van der Waals surface area contributed by atoms with Crippen molar-refractivity contribution in [2.24, 2.45) is 13.0 Å². The van der Waals surface area contributed by atoms with Crippen molar-refractivity contribution in [2.75, 3.05) is 20.3 Å². The van der Waals surface area contributed by atoms with Crippen LogP contribution in [0.3, 0.4) is 0 Å². The van der Waals surface area contributed by atoms with Crippen LogP contribution in [0.15, 0.2) is 35.1 Å². The van der Waals surface area contributed by atoms with Gasteiger partial charge in [0.25, 0.3) is 0 Å². The van der Waals surface area contributed by atoms with Crippen LogP contribution in [0.5, 0.6) is 5.75 Å². The first-order valence-electron chi connectivity index (χ1n) is 13.3. The van der Waals surface area contributed by atoms with Crippen molar-refractivity contribution in [2.45, 2.75) is 52.2 Å². The first-order valence-corrected chi connectivity index (χ1v) is 13.3. The highest BCUT2D eigenvalue weighted by Crippen LogP contribution is 2.43. The fraction of sp³-hybridized carbons (Fsp3) is 0.448. The van der Waals surface area contributed by atoms with Gasteiger partial charge in [0.2, 0.25) is 0 Å². The third-order valence-corrected chi connectivity index (χ3v) is 7.80. The van der Waals surface area contributed by atoms with Crippen LogP contribution >= 0.6 is 0 Å². The molecule has 1 atom stereocenters. The summed E-state index contributed by atoms with van der Waals surface area (Å²) in [5, 5.41) is 20.2. The maximum absolute atomic E-state index is 11.3. The van der Waals surface area contributed by atoms with Crippen molar-refractivity contribution >= 4 is 22.1 Å². The van der Waals surface area contributed by atoms with Gasteiger partial charge in [-0.25, -0.2) is 0 Å². The number of aliphatic hydroxyl groups is 1. The van der Waals surface area contributed by atoms with Gasteiger partial charge in [0, 0.05) is 37.6 Å². The average Bonchev–Trinajstić information content (AvgIpc) is 3.56. The number of ether oxygens (including phenoxy) is 2. The van der Waals surface area contributed by atoms with Gasteiger partial charge in [0.15, 0.2) is 0 Å². The van der Waals surface area contributed by atoms with Crippen LogP contribution in [0.25, 0.3) is 33.2 Å². The summed E-state index contributed by atoms with van der Waals surface area (Å²) in [5.74, 6) is 1.69. The highest BCUT2D eigenvalue weighted by molar-refractivity contribution is 6.06. The molecule has 1 aliphatic rings. The minimum atomic E-state index is -1.18. The summed E-state index contributed by atoms with van der Waals surface area (Å²) in [7, 11) is 3.54. The maximum Gasteiger partial charge on any atom is 0.141 e. The smallest absolute Gasteiger partial charge is 0.141 e. The first kappa shape index (κ1) is 25.5. The van der Waals surface area contributed by atoms with E-state index in [1.165, 1.54) is 0 Å². The molecule has 10 nitrogen and oxygen atoms in total. The normalized spacial score (nSPS) is 15.9. The minimum Gasteiger partial charge on any atom is -0.495 e. The number of methoxy groups -OCH3 is 1. The molecular formula is C29H34N6O4. The number of aromatic nitrogens is 6. The second kappa shape index (κ2) is 9.46. The summed E-state index contributed by atoms with van der Waals surface area (Å²) >= 11 is 0. The molecule has 6 heterocycles. The molecule has 1 N–H and O–H groups in total. The van der Waals surface area contributed by atoms with Gasteiger partial charge in [0.05, 0.1) is 41.8 Å². The van der Waals surface area contributed by atoms with Crippen LogP contribution in [0.4, 0.5) is 0 Å². The van der Waals surface area contributed by atoms with Gasteiger partial charge in [-0.1, -0.05) is 5.16 Å². The predicted molar refractivity (Wildman–Crippen MR) is 147 cm³/mol. The highest BCUT2D eigenvalue weighted by atomic mass is 16.5. The van der Waals surface area contributed by atoms with Crippen LogP contribution in [0, 0.1) is 19.8 Å². The molecule has 204 valence electrons. The third-order valence-electron chi connectivity index (χ3n) is 7.80. The van der Waals surface area contributed by atoms with Crippen LogP contribution in [0.2, 0.25) is 0 Å². The Labute approximate surface area is 226 Å². The molecule has 0 aliphatic carbocycles. The number of hydrogen-bond acceptors (Lipinski definition) is 8. The van der Waals surface area contributed by atoms with E-state index in [1.54, 1.807) is 27.2 Å². The quantitative estimate of drug-likeness (QED) is 0.332. The number of pyridine rings is 2. The van der Waals surface area contributed by atoms with E-state index in [0.29, 0.717) is 24.7 Å². The Kier molecular flexibility index (Phi) is 6.19. The van der Waals surface area contributed by atoms with E-state index in [2.05, 4.69) is 15.8 Å². The largest absolute Gasteiger partial charge is 0.495 e. The molecule has 6 rings (SSSR count). The standard InChI is InChI=1S/C29H34N6O4/c1-16-23(17(2)39-33-16)19-13-22-24(31-14-19)26-27(28(29(3,4)36)32-34(26)5)35(22)25(18-9-11-38-12-10-18)21-8-7-20(37-6)15-30-21/h7-8,13-15,18,25,36H,9-12H2,1-6H3. The van der Waals surface area contributed by atoms with Crippen LogP contribution in [-0.4, -0.2) is 54.9 Å². The van der Waals surface area contributed by atoms with E-state index in [9.17, 15) is 5.11 Å². The zero-order chi connectivity index (χ0) is 27.5. The average molecular weight is 531 g/mol. The lowest BCUT2D eigenvalue weighted by Crippen LogP contribution is -2.28. The molecule has 0 aromatic carbocycles. The van der Waals surface area contributed by atoms with E-state index >= 15 is 0 Å². The van der Waals surface area contributed by atoms with E-state index < -0.39 is 5.60 Å². The third kappa shape index (κ3) is 4.18. The second-order valence-corrected chi connectivity index (χ2v) is 10.9. The van der Waals surface area contributed by atoms with Crippen molar-refractivity contribution in [3.63, 3.8) is 0 Å². The molecular weight excluding hydrogens is 496 g/mol. The molecule has 1 saturated heterocycles. The van der Waals surface area contributed by atoms with E-state index in [0.717, 1.165) is 63.2 Å². The summed E-state index contributed by atoms with van der Waals surface area (Å²) in [4.78, 5) is 9.85. The van der Waals surface area contributed by atoms with Crippen molar-refractivity contribution in [1.82, 2.24) is 29.5 Å². The first-order chi connectivity index (χ1) is 18.7. The Morgan fingerprint density at radius 1 is 1.10 bits per heavy atom. The fourth-order valence-corrected chi connectivity index (χ4v) is 5.98. The number of aryl methyl sites for hydroxylation is 3. The maximum atomic E-state index is 11.3. The van der Waals surface area contributed by atoms with E-state index in [-0.39, 0.29) is 12.0 Å². The summed E-state index contributed by atoms with van der Waals surface area (Å²) in [6.45, 7) is 8.77. The van der Waals surface area contributed by atoms with Crippen LogP contribution in [0.1, 0.15) is 55.6 Å². The molecule has 1 aliphatic heterocycles. The summed E-state index contributed by atoms with van der Waals surface area (Å²) in [5.41, 5.74) is 6.50. The summed E-state index contributed by atoms with van der Waals surface area (Å²) in [6, 6.07) is 5.98. The van der Waals surface area contributed by atoms with Gasteiger partial charge in [-0.3, -0.25) is 14.6 Å². The van der Waals surface area contributed by atoms with Gasteiger partial charge in [-0.15, -0.1) is 0 Å². The van der Waals surface area contributed by atoms with Gasteiger partial charge in [0.1, 0.15) is 33.8 Å². The molecule has 5 aromatic heterocycles. The Hall–Kier alpha value is -3.76. The Balaban J connectivity index is 1.71. The predicted octanol–water partition coefficient (Wildman–Crippen LogP) is 4.84. The number of rotatable bonds is 6. The molecule has 0 bridgehead atoms. The Morgan fingerprint density at radius 3 is 2.49 bits per heavy atom. The minimum absolute atomic E-state index is 0.146. The summed E-state index contributed by atoms with van der Waals surface area (Å²) in [6.07, 6.45) is 5.39. The lowest BCUT2D eigenvalue weighted by Gasteiger charge is -2.32. The molecule has 39 heavy (non-hydrogen) atoms. The molecule has 10 heteroatoms. The zero-order valence-electron chi connectivity index (χ0n) is 23.2. The number of fused-ring (bicyclic) bond motifs is 3. The zero-order valence-corrected chi connectivity index (χ0v) is 23.2. The van der Waals surface area contributed by atoms with Gasteiger partial charge < -0.3 is 23.7 Å². The summed E-state index contributed by atoms with van der Waals surface area (Å²) < 4.78 is 20.8. The molecule has 0 amide bonds. The van der Waals surface area contributed by atoms with Crippen molar-refractivity contribution < 1.29 is 19.1 Å². The van der Waals surface area contributed by atoms with Gasteiger partial charge in [-0.05, 0) is 64.7 Å². The topological polar surface area (TPSA) is 113 Å². The number of hydrogen-bond donors (Lipinski definition) is 1. The van der Waals surface area contributed by atoms with Gasteiger partial charge in [-0.2, -0.15) is 5.10 Å². The second-order valence-electron chi connectivity index (χ2n) is 10.9. The monoisotopic (exact) mass is 530 g/mol. The number of nitrogens with zero attached hydrogens (tertiary/aromatic N) is 6. The molecule has 0 radical (unpaired) electrons. The fourth-order valence-electron chi connectivity index (χ4n) is 5.98. The van der Waals surface area contributed by atoms with Crippen molar-refractivity contribution in [1.29, 1.82) is 0 Å². The highest BCUT2D eigenvalue weighted by Gasteiger charge is 2.36. The Morgan fingerprint density at radius 2 is 1.87 bits per heavy atom. The lowest BCUT2D eigenvalue weighted by molar-refractivity contribution is 0.0542. The molecule has 1 unspecified atom stereocenters. The van der Waals surface area contributed by atoms with Crippen LogP contribution < -0.4 is 4.74 Å². The van der Waals surface area contributed by atoms with Crippen LogP contribution in [-0.2, 0) is 17.4 Å². The van der Waals surface area contributed by atoms with E-state index in [4.69, 9.17) is 29.1 Å². The molecule has 0 spiro atoms. The Bertz CT molecular complexity index is 1630. The molecule has 1 fully saturated rings. The van der Waals surface area contributed by atoms with E-state index in [1.807, 2.05) is 43.9 Å². The van der Waals surface area contributed by atoms with Gasteiger partial charge >= 0.3 is 0 Å². The SMILES string of the molecule is COc1ccc(C(C2CCOCC2)n2c3cc(-c4c(C)noc4C)cnc3c3c2c(C(C)(C)O)nn3C)nc1. The molecule has 5 aromatic rings.